The summed E-state index contributed by atoms with van der Waals surface area (Å²) in [4.78, 5) is 0. The maximum atomic E-state index is 11.0. The molecule has 4 aliphatic rings. The van der Waals surface area contributed by atoms with Gasteiger partial charge < -0.3 is 10.2 Å². The minimum Gasteiger partial charge on any atom is -0.393 e. The van der Waals surface area contributed by atoms with E-state index >= 15 is 0 Å². The van der Waals surface area contributed by atoms with Gasteiger partial charge in [-0.15, -0.1) is 0 Å². The zero-order valence-corrected chi connectivity index (χ0v) is 13.5. The largest absolute Gasteiger partial charge is 0.393 e. The van der Waals surface area contributed by atoms with Gasteiger partial charge in [0.25, 0.3) is 0 Å². The van der Waals surface area contributed by atoms with Gasteiger partial charge >= 0.3 is 0 Å². The smallest absolute Gasteiger partial charge is 0.0597 e. The molecular formula is C19H30O2. The lowest BCUT2D eigenvalue weighted by atomic mass is 9.46. The molecule has 0 saturated heterocycles. The van der Waals surface area contributed by atoms with Crippen molar-refractivity contribution in [3.05, 3.63) is 11.6 Å². The van der Waals surface area contributed by atoms with Crippen LogP contribution < -0.4 is 0 Å². The van der Waals surface area contributed by atoms with E-state index in [-0.39, 0.29) is 23.0 Å². The molecule has 0 aliphatic heterocycles. The summed E-state index contributed by atoms with van der Waals surface area (Å²) in [5.41, 5.74) is 1.83. The Balaban J connectivity index is 1.73. The molecule has 0 aromatic carbocycles. The van der Waals surface area contributed by atoms with E-state index in [1.165, 1.54) is 38.5 Å². The monoisotopic (exact) mass is 290 g/mol. The minimum absolute atomic E-state index is 0.0349. The molecule has 21 heavy (non-hydrogen) atoms. The lowest BCUT2D eigenvalue weighted by Gasteiger charge is -2.59. The van der Waals surface area contributed by atoms with Crippen LogP contribution in [-0.2, 0) is 0 Å². The first-order chi connectivity index (χ1) is 9.97. The fourth-order valence-electron chi connectivity index (χ4n) is 6.86. The molecule has 2 heteroatoms. The van der Waals surface area contributed by atoms with Crippen LogP contribution in [0.1, 0.15) is 65.2 Å². The van der Waals surface area contributed by atoms with Crippen LogP contribution in [0.2, 0.25) is 0 Å². The van der Waals surface area contributed by atoms with Crippen molar-refractivity contribution in [1.82, 2.24) is 0 Å². The van der Waals surface area contributed by atoms with Crippen molar-refractivity contribution < 1.29 is 10.2 Å². The summed E-state index contributed by atoms with van der Waals surface area (Å²) in [7, 11) is 0. The van der Waals surface area contributed by atoms with E-state index in [1.54, 1.807) is 5.57 Å². The van der Waals surface area contributed by atoms with Crippen LogP contribution in [0.4, 0.5) is 0 Å². The van der Waals surface area contributed by atoms with Gasteiger partial charge in [0.05, 0.1) is 12.2 Å². The topological polar surface area (TPSA) is 40.5 Å². The van der Waals surface area contributed by atoms with Gasteiger partial charge in [0.2, 0.25) is 0 Å². The number of hydrogen-bond acceptors (Lipinski definition) is 2. The Labute approximate surface area is 128 Å². The molecule has 0 aromatic heterocycles. The fourth-order valence-corrected chi connectivity index (χ4v) is 6.86. The number of aliphatic hydroxyl groups is 2. The van der Waals surface area contributed by atoms with E-state index in [9.17, 15) is 10.2 Å². The second kappa shape index (κ2) is 4.58. The Bertz CT molecular complexity index is 470. The third kappa shape index (κ3) is 1.78. The van der Waals surface area contributed by atoms with Gasteiger partial charge in [-0.3, -0.25) is 0 Å². The van der Waals surface area contributed by atoms with Crippen LogP contribution in [0.3, 0.4) is 0 Å². The molecule has 0 amide bonds. The van der Waals surface area contributed by atoms with Crippen LogP contribution >= 0.6 is 0 Å². The Kier molecular flexibility index (Phi) is 3.11. The second-order valence-electron chi connectivity index (χ2n) is 8.74. The first-order valence-corrected chi connectivity index (χ1v) is 9.02. The van der Waals surface area contributed by atoms with Crippen LogP contribution in [-0.4, -0.2) is 22.4 Å². The van der Waals surface area contributed by atoms with E-state index in [0.29, 0.717) is 17.8 Å². The molecule has 3 saturated carbocycles. The molecule has 0 spiro atoms. The Morgan fingerprint density at radius 1 is 1.14 bits per heavy atom. The standard InChI is InChI=1S/C19H30O2/c1-18-10-4-3-5-12(18)6-7-13-14-8-9-16(21)19(14,2)11-15(20)17(13)18/h5,13-17,20-21H,3-4,6-11H2,1-2H3/t13-,14-,15-,16+,17+,18-,19-/m0/s1. The molecule has 3 fully saturated rings. The fraction of sp³-hybridized carbons (Fsp3) is 0.895. The molecule has 0 radical (unpaired) electrons. The number of rotatable bonds is 0. The van der Waals surface area contributed by atoms with E-state index in [4.69, 9.17) is 0 Å². The molecule has 7 atom stereocenters. The molecule has 0 aromatic rings. The van der Waals surface area contributed by atoms with Crippen LogP contribution in [0.5, 0.6) is 0 Å². The first-order valence-electron chi connectivity index (χ1n) is 9.02. The van der Waals surface area contributed by atoms with Gasteiger partial charge in [-0.05, 0) is 80.0 Å². The summed E-state index contributed by atoms with van der Waals surface area (Å²) >= 11 is 0. The highest BCUT2D eigenvalue weighted by molar-refractivity contribution is 5.25. The molecule has 0 heterocycles. The third-order valence-corrected chi connectivity index (χ3v) is 7.91. The average Bonchev–Trinajstić information content (AvgIpc) is 2.73. The van der Waals surface area contributed by atoms with Gasteiger partial charge in [0, 0.05) is 0 Å². The average molecular weight is 290 g/mol. The van der Waals surface area contributed by atoms with E-state index in [0.717, 1.165) is 12.8 Å². The van der Waals surface area contributed by atoms with Gasteiger partial charge in [-0.2, -0.15) is 0 Å². The second-order valence-corrected chi connectivity index (χ2v) is 8.74. The lowest BCUT2D eigenvalue weighted by molar-refractivity contribution is -0.139. The minimum atomic E-state index is -0.226. The highest BCUT2D eigenvalue weighted by atomic mass is 16.3. The van der Waals surface area contributed by atoms with Crippen molar-refractivity contribution in [3.8, 4) is 0 Å². The molecule has 4 aliphatic carbocycles. The zero-order valence-electron chi connectivity index (χ0n) is 13.5. The Morgan fingerprint density at radius 2 is 1.95 bits per heavy atom. The predicted molar refractivity (Wildman–Crippen MR) is 83.7 cm³/mol. The van der Waals surface area contributed by atoms with Gasteiger partial charge in [0.1, 0.15) is 0 Å². The molecule has 4 rings (SSSR count). The maximum absolute atomic E-state index is 11.0. The maximum Gasteiger partial charge on any atom is 0.0597 e. The number of fused-ring (bicyclic) bond motifs is 5. The molecule has 0 unspecified atom stereocenters. The van der Waals surface area contributed by atoms with Crippen LogP contribution in [0, 0.1) is 28.6 Å². The van der Waals surface area contributed by atoms with Crippen molar-refractivity contribution in [2.45, 2.75) is 77.4 Å². The van der Waals surface area contributed by atoms with Crippen molar-refractivity contribution in [2.75, 3.05) is 0 Å². The summed E-state index contributed by atoms with van der Waals surface area (Å²) in [6.45, 7) is 4.66. The zero-order chi connectivity index (χ0) is 14.8. The predicted octanol–water partition coefficient (Wildman–Crippen LogP) is 3.67. The van der Waals surface area contributed by atoms with Crippen molar-refractivity contribution >= 4 is 0 Å². The van der Waals surface area contributed by atoms with E-state index < -0.39 is 0 Å². The van der Waals surface area contributed by atoms with Crippen molar-refractivity contribution in [1.29, 1.82) is 0 Å². The quantitative estimate of drug-likeness (QED) is 0.668. The van der Waals surface area contributed by atoms with Gasteiger partial charge in [0.15, 0.2) is 0 Å². The number of allylic oxidation sites excluding steroid dienone is 2. The molecule has 118 valence electrons. The molecule has 0 bridgehead atoms. The first kappa shape index (κ1) is 14.3. The van der Waals surface area contributed by atoms with Gasteiger partial charge in [-0.25, -0.2) is 0 Å². The third-order valence-electron chi connectivity index (χ3n) is 7.91. The SMILES string of the molecule is C[C@]12C[C@H](O)[C@H]3[C@@H](CCC4=CCCC[C@@]43C)[C@@H]1CC[C@H]2O. The Morgan fingerprint density at radius 3 is 2.76 bits per heavy atom. The lowest BCUT2D eigenvalue weighted by Crippen LogP contribution is -2.56. The van der Waals surface area contributed by atoms with Gasteiger partial charge in [-0.1, -0.05) is 25.5 Å². The summed E-state index contributed by atoms with van der Waals surface area (Å²) in [6.07, 6.45) is 11.2. The molecular weight excluding hydrogens is 260 g/mol. The summed E-state index contributed by atoms with van der Waals surface area (Å²) < 4.78 is 0. The normalized spacial score (nSPS) is 56.2. The summed E-state index contributed by atoms with van der Waals surface area (Å²) in [5.74, 6) is 1.68. The van der Waals surface area contributed by atoms with E-state index in [2.05, 4.69) is 19.9 Å². The molecule has 2 nitrogen and oxygen atoms in total. The summed E-state index contributed by atoms with van der Waals surface area (Å²) in [6, 6.07) is 0. The number of hydrogen-bond donors (Lipinski definition) is 2. The Hall–Kier alpha value is -0.340. The summed E-state index contributed by atoms with van der Waals surface area (Å²) in [5, 5.41) is 21.5. The van der Waals surface area contributed by atoms with Crippen molar-refractivity contribution in [2.24, 2.45) is 28.6 Å². The highest BCUT2D eigenvalue weighted by Gasteiger charge is 2.61. The van der Waals surface area contributed by atoms with Crippen molar-refractivity contribution in [3.63, 3.8) is 0 Å². The number of aliphatic hydroxyl groups excluding tert-OH is 2. The highest BCUT2D eigenvalue weighted by Crippen LogP contribution is 2.65. The van der Waals surface area contributed by atoms with E-state index in [1.807, 2.05) is 0 Å². The van der Waals surface area contributed by atoms with Crippen LogP contribution in [0.15, 0.2) is 11.6 Å². The van der Waals surface area contributed by atoms with Crippen LogP contribution in [0.25, 0.3) is 0 Å². The molecule has 2 N–H and O–H groups in total.